The molecule has 8 rings (SSSR count). The Bertz CT molecular complexity index is 3570. The minimum atomic E-state index is -2.33. The molecule has 0 radical (unpaired) electrons. The number of ether oxygens (including phenoxy) is 4. The lowest BCUT2D eigenvalue weighted by Crippen LogP contribution is -2.43. The summed E-state index contributed by atoms with van der Waals surface area (Å²) in [5.74, 6) is 25.4. The van der Waals surface area contributed by atoms with Crippen LogP contribution in [-0.4, -0.2) is 44.6 Å². The third-order valence-electron chi connectivity index (χ3n) is 16.6. The highest BCUT2D eigenvalue weighted by Gasteiger charge is 2.43. The van der Waals surface area contributed by atoms with Crippen molar-refractivity contribution in [2.24, 2.45) is 0 Å². The van der Waals surface area contributed by atoms with Crippen molar-refractivity contribution in [2.45, 2.75) is 116 Å². The van der Waals surface area contributed by atoms with Gasteiger partial charge in [-0.25, -0.2) is 0 Å². The quantitative estimate of drug-likeness (QED) is 0.0902. The van der Waals surface area contributed by atoms with E-state index in [-0.39, 0.29) is 0 Å². The molecule has 0 N–H and O–H groups in total. The van der Waals surface area contributed by atoms with Crippen LogP contribution in [0.3, 0.4) is 0 Å². The number of methoxy groups -OCH3 is 4. The van der Waals surface area contributed by atoms with Crippen molar-refractivity contribution in [2.75, 3.05) is 28.4 Å². The topological polar surface area (TPSA) is 36.9 Å². The monoisotopic (exact) mass is 1060 g/mol. The molecule has 396 valence electrons. The first-order valence-electron chi connectivity index (χ1n) is 27.6. The SMILES string of the molecule is COc1ccc2ccccc2c1-c1c(OC)c(C#C/C(C#C[Si](C(C)C)(C(C)C)C(C)C)=C(\C#Cc2cc3ccccc3c(-c3c(OC)ccc4ccccc34)c2OC)C#C[Si](C(C)C)(C(C)C)C(C)C)cc2ccccc12. The molecule has 6 heteroatoms. The van der Waals surface area contributed by atoms with E-state index in [1.807, 2.05) is 12.1 Å². The van der Waals surface area contributed by atoms with E-state index in [1.54, 1.807) is 28.4 Å². The maximum Gasteiger partial charge on any atom is 0.146 e. The second-order valence-electron chi connectivity index (χ2n) is 22.4. The Kier molecular flexibility index (Phi) is 17.4. The number of benzene rings is 8. The van der Waals surface area contributed by atoms with E-state index >= 15 is 0 Å². The molecule has 4 nitrogen and oxygen atoms in total. The van der Waals surface area contributed by atoms with E-state index in [0.717, 1.165) is 88.0 Å². The Morgan fingerprint density at radius 3 is 0.923 bits per heavy atom. The van der Waals surface area contributed by atoms with E-state index in [9.17, 15) is 0 Å². The molecule has 8 aromatic rings. The van der Waals surface area contributed by atoms with Crippen LogP contribution in [-0.2, 0) is 0 Å². The van der Waals surface area contributed by atoms with Gasteiger partial charge in [0.2, 0.25) is 0 Å². The molecule has 0 aliphatic heterocycles. The summed E-state index contributed by atoms with van der Waals surface area (Å²) < 4.78 is 25.4. The number of fused-ring (bicyclic) bond motifs is 4. The molecule has 0 fully saturated rings. The van der Waals surface area contributed by atoms with E-state index in [4.69, 9.17) is 18.9 Å². The fraction of sp³-hybridized carbons (Fsp3) is 0.306. The van der Waals surface area contributed by atoms with Crippen molar-refractivity contribution in [1.29, 1.82) is 0 Å². The Labute approximate surface area is 468 Å². The summed E-state index contributed by atoms with van der Waals surface area (Å²) in [5, 5.41) is 8.43. The molecule has 0 heterocycles. The van der Waals surface area contributed by atoms with Crippen LogP contribution in [0.1, 0.15) is 94.2 Å². The van der Waals surface area contributed by atoms with Crippen LogP contribution in [0.2, 0.25) is 33.2 Å². The molecule has 0 aliphatic rings. The molecule has 0 bridgehead atoms. The summed E-state index contributed by atoms with van der Waals surface area (Å²) in [5.41, 5.74) is 16.8. The lowest BCUT2D eigenvalue weighted by Gasteiger charge is -2.38. The summed E-state index contributed by atoms with van der Waals surface area (Å²) >= 11 is 0. The van der Waals surface area contributed by atoms with Gasteiger partial charge in [-0.3, -0.25) is 0 Å². The minimum absolute atomic E-state index is 0.382. The van der Waals surface area contributed by atoms with E-state index in [1.165, 1.54) is 0 Å². The average Bonchev–Trinajstić information content (AvgIpc) is 3.61. The molecular weight excluding hydrogens is 985 g/mol. The molecule has 0 amide bonds. The largest absolute Gasteiger partial charge is 0.496 e. The van der Waals surface area contributed by atoms with Crippen molar-refractivity contribution in [1.82, 2.24) is 0 Å². The summed E-state index contributed by atoms with van der Waals surface area (Å²) in [6.45, 7) is 28.2. The highest BCUT2D eigenvalue weighted by Crippen LogP contribution is 2.49. The predicted molar refractivity (Wildman–Crippen MR) is 338 cm³/mol. The van der Waals surface area contributed by atoms with Gasteiger partial charge in [0.25, 0.3) is 0 Å². The molecule has 0 saturated carbocycles. The van der Waals surface area contributed by atoms with Crippen molar-refractivity contribution >= 4 is 59.2 Å². The smallest absolute Gasteiger partial charge is 0.146 e. The Morgan fingerprint density at radius 2 is 0.628 bits per heavy atom. The fourth-order valence-electron chi connectivity index (χ4n) is 12.9. The van der Waals surface area contributed by atoms with E-state index in [0.29, 0.717) is 55.9 Å². The molecular formula is C72H76O4Si2. The fourth-order valence-corrected chi connectivity index (χ4v) is 23.3. The van der Waals surface area contributed by atoms with Crippen molar-refractivity contribution in [3.63, 3.8) is 0 Å². The van der Waals surface area contributed by atoms with Gasteiger partial charge in [0.1, 0.15) is 39.1 Å². The highest BCUT2D eigenvalue weighted by atomic mass is 28.3. The van der Waals surface area contributed by atoms with E-state index < -0.39 is 16.1 Å². The van der Waals surface area contributed by atoms with Gasteiger partial charge in [-0.15, -0.1) is 11.1 Å². The minimum Gasteiger partial charge on any atom is -0.496 e. The predicted octanol–water partition coefficient (Wildman–Crippen LogP) is 18.8. The molecule has 8 aromatic carbocycles. The van der Waals surface area contributed by atoms with Gasteiger partial charge in [0.15, 0.2) is 0 Å². The number of rotatable bonds is 12. The number of hydrogen-bond acceptors (Lipinski definition) is 4. The summed E-state index contributed by atoms with van der Waals surface area (Å²) in [4.78, 5) is 0. The third kappa shape index (κ3) is 10.5. The Hall–Kier alpha value is -7.59. The molecule has 0 aliphatic carbocycles. The second kappa shape index (κ2) is 24.0. The zero-order valence-electron chi connectivity index (χ0n) is 48.8. The first kappa shape index (κ1) is 56.6. The summed E-state index contributed by atoms with van der Waals surface area (Å²) in [7, 11) is 2.25. The van der Waals surface area contributed by atoms with Crippen molar-refractivity contribution in [3.8, 4) is 91.9 Å². The van der Waals surface area contributed by atoms with Crippen LogP contribution in [0.4, 0.5) is 0 Å². The van der Waals surface area contributed by atoms with Crippen LogP contribution >= 0.6 is 0 Å². The third-order valence-corrected chi connectivity index (χ3v) is 29.1. The summed E-state index contributed by atoms with van der Waals surface area (Å²) in [6, 6.07) is 46.3. The van der Waals surface area contributed by atoms with Gasteiger partial charge in [0.05, 0.1) is 50.7 Å². The van der Waals surface area contributed by atoms with Gasteiger partial charge < -0.3 is 18.9 Å². The maximum atomic E-state index is 6.54. The molecule has 0 spiro atoms. The van der Waals surface area contributed by atoms with Crippen molar-refractivity contribution in [3.05, 3.63) is 156 Å². The van der Waals surface area contributed by atoms with Gasteiger partial charge in [-0.1, -0.05) is 228 Å². The average molecular weight is 1060 g/mol. The number of allylic oxidation sites excluding steroid dienone is 2. The van der Waals surface area contributed by atoms with Crippen molar-refractivity contribution < 1.29 is 18.9 Å². The normalized spacial score (nSPS) is 12.1. The van der Waals surface area contributed by atoms with Gasteiger partial charge in [-0.05, 0) is 101 Å². The molecule has 0 saturated heterocycles. The summed E-state index contributed by atoms with van der Waals surface area (Å²) in [6.07, 6.45) is 0. The Balaban J connectivity index is 1.54. The van der Waals surface area contributed by atoms with Gasteiger partial charge in [-0.2, -0.15) is 0 Å². The van der Waals surface area contributed by atoms with Crippen LogP contribution in [0.5, 0.6) is 23.0 Å². The van der Waals surface area contributed by atoms with Crippen LogP contribution < -0.4 is 18.9 Å². The van der Waals surface area contributed by atoms with Crippen LogP contribution in [0, 0.1) is 46.6 Å². The first-order chi connectivity index (χ1) is 37.5. The van der Waals surface area contributed by atoms with Gasteiger partial charge >= 0.3 is 0 Å². The number of hydrogen-bond donors (Lipinski definition) is 0. The highest BCUT2D eigenvalue weighted by molar-refractivity contribution is 6.91. The van der Waals surface area contributed by atoms with Crippen LogP contribution in [0.15, 0.2) is 145 Å². The lowest BCUT2D eigenvalue weighted by molar-refractivity contribution is 0.410. The zero-order chi connectivity index (χ0) is 56.1. The lowest BCUT2D eigenvalue weighted by atomic mass is 9.90. The molecule has 0 atom stereocenters. The van der Waals surface area contributed by atoms with Gasteiger partial charge in [0, 0.05) is 22.3 Å². The zero-order valence-corrected chi connectivity index (χ0v) is 50.8. The second-order valence-corrected chi connectivity index (χ2v) is 33.5. The maximum absolute atomic E-state index is 6.54. The van der Waals surface area contributed by atoms with Crippen LogP contribution in [0.25, 0.3) is 65.3 Å². The first-order valence-corrected chi connectivity index (χ1v) is 32.1. The standard InChI is InChI=1S/C72H76O4Si2/c1-47(2)77(48(3)4,49(5)6)43-41-53(33-35-59-45-57-27-19-23-31-63(57)69(71(59)75-15)67-61-29-21-17-25-55(61)37-39-65(67)73-13)54(42-44-78(50(7)8,51(9)10)52(11)12)34-36-60-46-58-28-20-24-32-64(58)70(72(60)76-16)68-62-30-22-18-26-56(62)38-40-66(68)74-14/h17-32,37-40,45-52H,1-16H3/b54-53-. The van der Waals surface area contributed by atoms with E-state index in [2.05, 4.69) is 251 Å². The molecule has 78 heavy (non-hydrogen) atoms. The molecule has 0 unspecified atom stereocenters. The molecule has 0 aromatic heterocycles. The Morgan fingerprint density at radius 1 is 0.333 bits per heavy atom.